The van der Waals surface area contributed by atoms with Gasteiger partial charge < -0.3 is 0 Å². The van der Waals surface area contributed by atoms with Crippen LogP contribution in [-0.2, 0) is 0 Å². The maximum atomic E-state index is 2.41. The first-order chi connectivity index (χ1) is 5.72. The zero-order valence-electron chi connectivity index (χ0n) is 9.82. The van der Waals surface area contributed by atoms with Crippen molar-refractivity contribution in [3.05, 3.63) is 10.5 Å². The topological polar surface area (TPSA) is 0 Å². The molecule has 1 rings (SSSR count). The summed E-state index contributed by atoms with van der Waals surface area (Å²) < 4.78 is 0.465. The van der Waals surface area contributed by atoms with Crippen LogP contribution in [0.25, 0.3) is 0 Å². The number of rotatable bonds is 1. The highest BCUT2D eigenvalue weighted by molar-refractivity contribution is 8.04. The smallest absolute Gasteiger partial charge is 0.0218 e. The molecule has 0 aromatic carbocycles. The Morgan fingerprint density at radius 1 is 1.31 bits per heavy atom. The Morgan fingerprint density at radius 3 is 2.15 bits per heavy atom. The fourth-order valence-electron chi connectivity index (χ4n) is 2.40. The second kappa shape index (κ2) is 3.34. The van der Waals surface area contributed by atoms with Gasteiger partial charge in [0.25, 0.3) is 0 Å². The van der Waals surface area contributed by atoms with Crippen LogP contribution in [0.4, 0.5) is 0 Å². The first-order valence-corrected chi connectivity index (χ1v) is 5.89. The van der Waals surface area contributed by atoms with Crippen LogP contribution < -0.4 is 0 Å². The molecule has 0 aromatic heterocycles. The molecule has 0 fully saturated rings. The predicted octanol–water partition coefficient (Wildman–Crippen LogP) is 4.61. The van der Waals surface area contributed by atoms with E-state index in [2.05, 4.69) is 53.3 Å². The first kappa shape index (κ1) is 11.2. The van der Waals surface area contributed by atoms with Gasteiger partial charge in [0.05, 0.1) is 0 Å². The molecule has 0 aromatic rings. The number of hydrogen-bond acceptors (Lipinski definition) is 1. The third-order valence-electron chi connectivity index (χ3n) is 2.54. The first-order valence-electron chi connectivity index (χ1n) is 5.07. The quantitative estimate of drug-likeness (QED) is 0.593. The van der Waals surface area contributed by atoms with E-state index in [-0.39, 0.29) is 0 Å². The van der Waals surface area contributed by atoms with Crippen molar-refractivity contribution in [1.82, 2.24) is 0 Å². The van der Waals surface area contributed by atoms with Gasteiger partial charge >= 0.3 is 0 Å². The second-order valence-electron chi connectivity index (χ2n) is 5.80. The minimum Gasteiger partial charge on any atom is -0.124 e. The summed E-state index contributed by atoms with van der Waals surface area (Å²) in [6.07, 6.45) is 2.58. The van der Waals surface area contributed by atoms with Crippen molar-refractivity contribution >= 4 is 11.8 Å². The van der Waals surface area contributed by atoms with E-state index in [0.717, 1.165) is 0 Å². The Kier molecular flexibility index (Phi) is 2.87. The van der Waals surface area contributed by atoms with Gasteiger partial charge in [0, 0.05) is 4.75 Å². The third-order valence-corrected chi connectivity index (χ3v) is 3.98. The van der Waals surface area contributed by atoms with Gasteiger partial charge in [0.1, 0.15) is 0 Å². The van der Waals surface area contributed by atoms with Crippen LogP contribution >= 0.6 is 11.8 Å². The summed E-state index contributed by atoms with van der Waals surface area (Å²) >= 11 is 2.08. The summed E-state index contributed by atoms with van der Waals surface area (Å²) in [6, 6.07) is 0. The molecule has 0 aliphatic carbocycles. The molecule has 0 saturated heterocycles. The van der Waals surface area contributed by atoms with Gasteiger partial charge in [-0.1, -0.05) is 26.3 Å². The van der Waals surface area contributed by atoms with Crippen LogP contribution in [0.2, 0.25) is 0 Å². The summed E-state index contributed by atoms with van der Waals surface area (Å²) in [4.78, 5) is 1.55. The van der Waals surface area contributed by atoms with Gasteiger partial charge in [0.15, 0.2) is 0 Å². The van der Waals surface area contributed by atoms with E-state index >= 15 is 0 Å². The van der Waals surface area contributed by atoms with Crippen molar-refractivity contribution in [3.8, 4) is 0 Å². The fraction of sp³-hybridized carbons (Fsp3) is 0.833. The van der Waals surface area contributed by atoms with E-state index in [1.807, 2.05) is 0 Å². The lowest BCUT2D eigenvalue weighted by Crippen LogP contribution is -2.24. The van der Waals surface area contributed by atoms with E-state index in [0.29, 0.717) is 10.2 Å². The van der Waals surface area contributed by atoms with Gasteiger partial charge in [-0.25, -0.2) is 0 Å². The summed E-state index contributed by atoms with van der Waals surface area (Å²) in [6.45, 7) is 13.9. The fourth-order valence-corrected chi connectivity index (χ4v) is 4.18. The number of thioether (sulfide) groups is 1. The van der Waals surface area contributed by atoms with Crippen molar-refractivity contribution in [2.75, 3.05) is 0 Å². The molecular formula is C12H22S. The SMILES string of the molecule is CC1=C(C)SC(C)(CC(C)(C)C)C1. The zero-order valence-corrected chi connectivity index (χ0v) is 10.6. The molecule has 0 nitrogen and oxygen atoms in total. The number of hydrogen-bond donors (Lipinski definition) is 0. The van der Waals surface area contributed by atoms with Crippen molar-refractivity contribution < 1.29 is 0 Å². The Labute approximate surface area is 87.2 Å². The predicted molar refractivity (Wildman–Crippen MR) is 63.1 cm³/mol. The van der Waals surface area contributed by atoms with Crippen molar-refractivity contribution in [2.45, 2.75) is 59.1 Å². The molecular weight excluding hydrogens is 176 g/mol. The van der Waals surface area contributed by atoms with E-state index in [1.54, 1.807) is 10.5 Å². The standard InChI is InChI=1S/C12H22S/c1-9-7-12(6,13-10(9)2)8-11(3,4)5/h7-8H2,1-6H3. The molecule has 0 saturated carbocycles. The lowest BCUT2D eigenvalue weighted by molar-refractivity contribution is 0.329. The Balaban J connectivity index is 2.64. The monoisotopic (exact) mass is 198 g/mol. The molecule has 0 N–H and O–H groups in total. The minimum atomic E-state index is 0.451. The molecule has 1 heteroatoms. The van der Waals surface area contributed by atoms with Crippen LogP contribution in [0, 0.1) is 5.41 Å². The zero-order chi connectivity index (χ0) is 10.3. The van der Waals surface area contributed by atoms with Crippen LogP contribution in [0.5, 0.6) is 0 Å². The van der Waals surface area contributed by atoms with E-state index in [9.17, 15) is 0 Å². The van der Waals surface area contributed by atoms with Crippen molar-refractivity contribution in [1.29, 1.82) is 0 Å². The molecule has 0 bridgehead atoms. The lowest BCUT2D eigenvalue weighted by Gasteiger charge is -2.31. The van der Waals surface area contributed by atoms with Crippen molar-refractivity contribution in [2.24, 2.45) is 5.41 Å². The number of allylic oxidation sites excluding steroid dienone is 2. The Morgan fingerprint density at radius 2 is 1.85 bits per heavy atom. The van der Waals surface area contributed by atoms with Gasteiger partial charge in [-0.2, -0.15) is 0 Å². The normalized spacial score (nSPS) is 30.0. The van der Waals surface area contributed by atoms with Crippen LogP contribution in [0.1, 0.15) is 54.4 Å². The molecule has 1 aliphatic heterocycles. The van der Waals surface area contributed by atoms with Gasteiger partial charge in [-0.15, -0.1) is 11.8 Å². The molecule has 0 amide bonds. The molecule has 0 spiro atoms. The molecule has 0 radical (unpaired) electrons. The van der Waals surface area contributed by atoms with Crippen LogP contribution in [0.3, 0.4) is 0 Å². The summed E-state index contributed by atoms with van der Waals surface area (Å²) in [5.74, 6) is 0. The summed E-state index contributed by atoms with van der Waals surface area (Å²) in [5.41, 5.74) is 2.05. The highest BCUT2D eigenvalue weighted by Crippen LogP contribution is 2.50. The van der Waals surface area contributed by atoms with Crippen LogP contribution in [0.15, 0.2) is 10.5 Å². The Bertz CT molecular complexity index is 216. The maximum Gasteiger partial charge on any atom is 0.0218 e. The molecule has 1 atom stereocenters. The molecule has 1 heterocycles. The average molecular weight is 198 g/mol. The van der Waals surface area contributed by atoms with Crippen LogP contribution in [-0.4, -0.2) is 4.75 Å². The van der Waals surface area contributed by atoms with Crippen molar-refractivity contribution in [3.63, 3.8) is 0 Å². The average Bonchev–Trinajstić information content (AvgIpc) is 2.00. The molecule has 1 unspecified atom stereocenters. The highest BCUT2D eigenvalue weighted by atomic mass is 32.2. The lowest BCUT2D eigenvalue weighted by atomic mass is 9.82. The van der Waals surface area contributed by atoms with E-state index in [4.69, 9.17) is 0 Å². The van der Waals surface area contributed by atoms with Gasteiger partial charge in [-0.05, 0) is 43.9 Å². The Hall–Kier alpha value is 0.0900. The largest absolute Gasteiger partial charge is 0.124 e. The second-order valence-corrected chi connectivity index (χ2v) is 7.60. The maximum absolute atomic E-state index is 2.41. The molecule has 13 heavy (non-hydrogen) atoms. The molecule has 76 valence electrons. The molecule has 1 aliphatic rings. The summed E-state index contributed by atoms with van der Waals surface area (Å²) in [7, 11) is 0. The van der Waals surface area contributed by atoms with E-state index < -0.39 is 0 Å². The van der Waals surface area contributed by atoms with E-state index in [1.165, 1.54) is 12.8 Å². The summed E-state index contributed by atoms with van der Waals surface area (Å²) in [5, 5.41) is 0. The minimum absolute atomic E-state index is 0.451. The third kappa shape index (κ3) is 3.05. The van der Waals surface area contributed by atoms with Gasteiger partial charge in [0.2, 0.25) is 0 Å². The highest BCUT2D eigenvalue weighted by Gasteiger charge is 2.35. The van der Waals surface area contributed by atoms with Gasteiger partial charge in [-0.3, -0.25) is 0 Å².